The lowest BCUT2D eigenvalue weighted by Crippen LogP contribution is -2.53. The maximum atomic E-state index is 12.2. The number of hydrogen-bond donors (Lipinski definition) is 1. The summed E-state index contributed by atoms with van der Waals surface area (Å²) in [5, 5.41) is 0. The summed E-state index contributed by atoms with van der Waals surface area (Å²) in [5.74, 6) is 0.127. The summed E-state index contributed by atoms with van der Waals surface area (Å²) in [6.07, 6.45) is 6.12. The molecule has 0 aliphatic heterocycles. The Balaban J connectivity index is 2.52. The number of thiocarbonyl (C=S) groups is 1. The third kappa shape index (κ3) is 2.54. The maximum Gasteiger partial charge on any atom is 0.235 e. The normalized spacial score (nSPS) is 17.6. The van der Waals surface area contributed by atoms with Crippen LogP contribution < -0.4 is 5.73 Å². The first-order valence-electron chi connectivity index (χ1n) is 6.10. The molecule has 0 saturated heterocycles. The summed E-state index contributed by atoms with van der Waals surface area (Å²) in [7, 11) is 1.86. The summed E-state index contributed by atoms with van der Waals surface area (Å²) in [6.45, 7) is 2.97. The summed E-state index contributed by atoms with van der Waals surface area (Å²) in [4.78, 5) is 14.4. The number of carbonyl (C=O) groups is 1. The molecule has 0 heterocycles. The van der Waals surface area contributed by atoms with Crippen LogP contribution in [0.2, 0.25) is 0 Å². The lowest BCUT2D eigenvalue weighted by molar-refractivity contribution is -0.140. The van der Waals surface area contributed by atoms with Gasteiger partial charge >= 0.3 is 0 Å². The van der Waals surface area contributed by atoms with Gasteiger partial charge in [0, 0.05) is 13.6 Å². The van der Waals surface area contributed by atoms with E-state index in [4.69, 9.17) is 18.0 Å². The van der Waals surface area contributed by atoms with E-state index >= 15 is 0 Å². The monoisotopic (exact) mass is 242 g/mol. The van der Waals surface area contributed by atoms with Gasteiger partial charge in [0.05, 0.1) is 10.4 Å². The predicted molar refractivity (Wildman–Crippen MR) is 70.2 cm³/mol. The molecule has 1 aliphatic rings. The molecule has 0 aromatic carbocycles. The molecule has 0 atom stereocenters. The van der Waals surface area contributed by atoms with Crippen molar-refractivity contribution in [1.82, 2.24) is 4.90 Å². The van der Waals surface area contributed by atoms with E-state index in [1.807, 2.05) is 7.05 Å². The zero-order chi connectivity index (χ0) is 12.2. The second-order valence-corrected chi connectivity index (χ2v) is 5.17. The van der Waals surface area contributed by atoms with Crippen LogP contribution in [0, 0.1) is 5.41 Å². The van der Waals surface area contributed by atoms with Crippen LogP contribution in [0.25, 0.3) is 0 Å². The Morgan fingerprint density at radius 1 is 1.44 bits per heavy atom. The molecule has 4 heteroatoms. The highest BCUT2D eigenvalue weighted by Crippen LogP contribution is 2.42. The molecule has 1 fully saturated rings. The molecule has 3 nitrogen and oxygen atoms in total. The number of hydrogen-bond acceptors (Lipinski definition) is 2. The number of rotatable bonds is 6. The van der Waals surface area contributed by atoms with Crippen molar-refractivity contribution in [3.05, 3.63) is 0 Å². The van der Waals surface area contributed by atoms with Gasteiger partial charge in [0.25, 0.3) is 0 Å². The van der Waals surface area contributed by atoms with Gasteiger partial charge in [-0.05, 0) is 19.3 Å². The minimum atomic E-state index is -0.504. The Kier molecular flexibility index (Phi) is 4.71. The summed E-state index contributed by atoms with van der Waals surface area (Å²) in [5.41, 5.74) is 5.21. The van der Waals surface area contributed by atoms with Crippen LogP contribution in [0.1, 0.15) is 45.4 Å². The van der Waals surface area contributed by atoms with Crippen LogP contribution in [-0.4, -0.2) is 29.4 Å². The summed E-state index contributed by atoms with van der Waals surface area (Å²) >= 11 is 5.04. The first-order valence-corrected chi connectivity index (χ1v) is 6.51. The van der Waals surface area contributed by atoms with Gasteiger partial charge in [0.15, 0.2) is 0 Å². The number of unbranched alkanes of at least 4 members (excludes halogenated alkanes) is 2. The zero-order valence-electron chi connectivity index (χ0n) is 10.3. The van der Waals surface area contributed by atoms with Gasteiger partial charge in [0.1, 0.15) is 0 Å². The number of nitrogens with zero attached hydrogens (tertiary/aromatic N) is 1. The molecule has 1 saturated carbocycles. The molecular weight excluding hydrogens is 220 g/mol. The fourth-order valence-corrected chi connectivity index (χ4v) is 2.45. The van der Waals surface area contributed by atoms with E-state index in [0.717, 1.165) is 38.6 Å². The van der Waals surface area contributed by atoms with Crippen molar-refractivity contribution in [3.8, 4) is 0 Å². The summed E-state index contributed by atoms with van der Waals surface area (Å²) < 4.78 is 0. The Bertz CT molecular complexity index is 274. The third-order valence-corrected chi connectivity index (χ3v) is 3.92. The SMILES string of the molecule is CCCCCN(C)C(=O)C1(C(N)=S)CCC1. The zero-order valence-corrected chi connectivity index (χ0v) is 11.1. The molecule has 2 N–H and O–H groups in total. The van der Waals surface area contributed by atoms with Crippen LogP contribution in [0.15, 0.2) is 0 Å². The highest BCUT2D eigenvalue weighted by atomic mass is 32.1. The van der Waals surface area contributed by atoms with E-state index in [2.05, 4.69) is 6.92 Å². The van der Waals surface area contributed by atoms with Crippen LogP contribution in [0.4, 0.5) is 0 Å². The fourth-order valence-electron chi connectivity index (χ4n) is 2.16. The first-order chi connectivity index (χ1) is 7.54. The highest BCUT2D eigenvalue weighted by molar-refractivity contribution is 7.80. The van der Waals surface area contributed by atoms with E-state index in [0.29, 0.717) is 4.99 Å². The molecular formula is C12H22N2OS. The Morgan fingerprint density at radius 3 is 2.44 bits per heavy atom. The van der Waals surface area contributed by atoms with E-state index in [1.165, 1.54) is 6.42 Å². The van der Waals surface area contributed by atoms with Crippen molar-refractivity contribution in [2.75, 3.05) is 13.6 Å². The molecule has 92 valence electrons. The molecule has 0 bridgehead atoms. The molecule has 0 aromatic heterocycles. The topological polar surface area (TPSA) is 46.3 Å². The Morgan fingerprint density at radius 2 is 2.06 bits per heavy atom. The molecule has 1 rings (SSSR count). The molecule has 0 radical (unpaired) electrons. The van der Waals surface area contributed by atoms with Gasteiger partial charge in [0.2, 0.25) is 5.91 Å². The standard InChI is InChI=1S/C12H22N2OS/c1-3-4-5-9-14(2)11(15)12(10(13)16)7-6-8-12/h3-9H2,1-2H3,(H2,13,16). The predicted octanol–water partition coefficient (Wildman–Crippen LogP) is 2.09. The second-order valence-electron chi connectivity index (χ2n) is 4.73. The van der Waals surface area contributed by atoms with Gasteiger partial charge in [-0.2, -0.15) is 0 Å². The lowest BCUT2D eigenvalue weighted by atomic mass is 9.67. The van der Waals surface area contributed by atoms with Gasteiger partial charge in [-0.25, -0.2) is 0 Å². The highest BCUT2D eigenvalue weighted by Gasteiger charge is 2.48. The molecule has 0 spiro atoms. The van der Waals surface area contributed by atoms with Crippen molar-refractivity contribution in [3.63, 3.8) is 0 Å². The van der Waals surface area contributed by atoms with E-state index < -0.39 is 5.41 Å². The number of nitrogens with two attached hydrogens (primary N) is 1. The van der Waals surface area contributed by atoms with Gasteiger partial charge in [-0.3, -0.25) is 4.79 Å². The Labute approximate surface area is 103 Å². The molecule has 0 unspecified atom stereocenters. The largest absolute Gasteiger partial charge is 0.392 e. The van der Waals surface area contributed by atoms with Gasteiger partial charge in [-0.15, -0.1) is 0 Å². The smallest absolute Gasteiger partial charge is 0.235 e. The number of amides is 1. The van der Waals surface area contributed by atoms with E-state index in [9.17, 15) is 4.79 Å². The van der Waals surface area contributed by atoms with Crippen molar-refractivity contribution < 1.29 is 4.79 Å². The van der Waals surface area contributed by atoms with Crippen molar-refractivity contribution in [1.29, 1.82) is 0 Å². The van der Waals surface area contributed by atoms with E-state index in [1.54, 1.807) is 4.90 Å². The molecule has 0 aromatic rings. The van der Waals surface area contributed by atoms with Crippen LogP contribution >= 0.6 is 12.2 Å². The average Bonchev–Trinajstić information content (AvgIpc) is 2.15. The molecule has 1 amide bonds. The quantitative estimate of drug-likeness (QED) is 0.573. The minimum absolute atomic E-state index is 0.127. The first kappa shape index (κ1) is 13.4. The summed E-state index contributed by atoms with van der Waals surface area (Å²) in [6, 6.07) is 0. The lowest BCUT2D eigenvalue weighted by Gasteiger charge is -2.41. The molecule has 1 aliphatic carbocycles. The maximum absolute atomic E-state index is 12.2. The third-order valence-electron chi connectivity index (χ3n) is 3.53. The van der Waals surface area contributed by atoms with Crippen LogP contribution in [0.5, 0.6) is 0 Å². The van der Waals surface area contributed by atoms with Gasteiger partial charge < -0.3 is 10.6 Å². The Hall–Kier alpha value is -0.640. The average molecular weight is 242 g/mol. The van der Waals surface area contributed by atoms with Crippen molar-refractivity contribution in [2.45, 2.75) is 45.4 Å². The fraction of sp³-hybridized carbons (Fsp3) is 0.833. The van der Waals surface area contributed by atoms with Crippen molar-refractivity contribution in [2.24, 2.45) is 11.1 Å². The number of carbonyl (C=O) groups excluding carboxylic acids is 1. The van der Waals surface area contributed by atoms with Crippen LogP contribution in [-0.2, 0) is 4.79 Å². The van der Waals surface area contributed by atoms with Crippen LogP contribution in [0.3, 0.4) is 0 Å². The second kappa shape index (κ2) is 5.62. The van der Waals surface area contributed by atoms with Crippen molar-refractivity contribution >= 4 is 23.1 Å². The van der Waals surface area contributed by atoms with E-state index in [-0.39, 0.29) is 5.91 Å². The molecule has 16 heavy (non-hydrogen) atoms. The minimum Gasteiger partial charge on any atom is -0.392 e. The van der Waals surface area contributed by atoms with Gasteiger partial charge in [-0.1, -0.05) is 38.4 Å².